The molecule has 0 aromatic rings. The molecular formula is C9H21N3. The Balaban J connectivity index is 2.43. The Bertz CT molecular complexity index is 138. The Morgan fingerprint density at radius 3 is 2.50 bits per heavy atom. The number of piperazine rings is 1. The van der Waals surface area contributed by atoms with Gasteiger partial charge in [-0.05, 0) is 20.9 Å². The highest BCUT2D eigenvalue weighted by Crippen LogP contribution is 2.11. The summed E-state index contributed by atoms with van der Waals surface area (Å²) in [6, 6.07) is 1.34. The Morgan fingerprint density at radius 1 is 1.25 bits per heavy atom. The summed E-state index contributed by atoms with van der Waals surface area (Å²) in [5, 5.41) is 0. The average Bonchev–Trinajstić information content (AvgIpc) is 2.01. The van der Waals surface area contributed by atoms with E-state index in [1.54, 1.807) is 0 Å². The molecule has 0 radical (unpaired) electrons. The molecule has 1 aliphatic rings. The molecule has 2 unspecified atom stereocenters. The van der Waals surface area contributed by atoms with E-state index in [1.807, 2.05) is 0 Å². The van der Waals surface area contributed by atoms with Crippen molar-refractivity contribution in [3.8, 4) is 0 Å². The van der Waals surface area contributed by atoms with Crippen LogP contribution in [0.25, 0.3) is 0 Å². The van der Waals surface area contributed by atoms with Gasteiger partial charge in [0.15, 0.2) is 0 Å². The van der Waals surface area contributed by atoms with E-state index in [0.29, 0.717) is 12.1 Å². The van der Waals surface area contributed by atoms with E-state index in [-0.39, 0.29) is 0 Å². The molecular weight excluding hydrogens is 150 g/mol. The molecule has 0 aromatic heterocycles. The van der Waals surface area contributed by atoms with Gasteiger partial charge < -0.3 is 10.6 Å². The lowest BCUT2D eigenvalue weighted by atomic mass is 10.1. The summed E-state index contributed by atoms with van der Waals surface area (Å²) >= 11 is 0. The molecule has 0 aromatic carbocycles. The first-order chi connectivity index (χ1) is 5.65. The molecule has 1 fully saturated rings. The smallest absolute Gasteiger partial charge is 0.0196 e. The molecule has 0 aliphatic carbocycles. The second-order valence-corrected chi connectivity index (χ2v) is 3.92. The van der Waals surface area contributed by atoms with Crippen LogP contribution in [0.1, 0.15) is 13.8 Å². The molecule has 0 saturated carbocycles. The molecule has 2 atom stereocenters. The zero-order valence-corrected chi connectivity index (χ0v) is 8.45. The summed E-state index contributed by atoms with van der Waals surface area (Å²) < 4.78 is 0. The lowest BCUT2D eigenvalue weighted by Gasteiger charge is -2.42. The maximum absolute atomic E-state index is 5.55. The van der Waals surface area contributed by atoms with E-state index in [1.165, 1.54) is 6.54 Å². The Labute approximate surface area is 75.5 Å². The van der Waals surface area contributed by atoms with Crippen LogP contribution < -0.4 is 5.73 Å². The molecule has 2 N–H and O–H groups in total. The Hall–Kier alpha value is -0.120. The number of hydrogen-bond acceptors (Lipinski definition) is 3. The molecule has 3 nitrogen and oxygen atoms in total. The van der Waals surface area contributed by atoms with Crippen LogP contribution in [-0.4, -0.2) is 55.1 Å². The van der Waals surface area contributed by atoms with Crippen molar-refractivity contribution < 1.29 is 0 Å². The summed E-state index contributed by atoms with van der Waals surface area (Å²) in [5.74, 6) is 0. The van der Waals surface area contributed by atoms with Crippen LogP contribution in [0.2, 0.25) is 0 Å². The van der Waals surface area contributed by atoms with E-state index in [9.17, 15) is 0 Å². The van der Waals surface area contributed by atoms with Crippen molar-refractivity contribution in [2.45, 2.75) is 25.9 Å². The molecule has 0 amide bonds. The molecule has 1 saturated heterocycles. The number of nitrogens with zero attached hydrogens (tertiary/aromatic N) is 2. The minimum Gasteiger partial charge on any atom is -0.329 e. The topological polar surface area (TPSA) is 32.5 Å². The fraction of sp³-hybridized carbons (Fsp3) is 1.00. The van der Waals surface area contributed by atoms with Crippen LogP contribution >= 0.6 is 0 Å². The fourth-order valence-corrected chi connectivity index (χ4v) is 1.85. The van der Waals surface area contributed by atoms with Gasteiger partial charge in [0.25, 0.3) is 0 Å². The molecule has 1 heterocycles. The largest absolute Gasteiger partial charge is 0.329 e. The summed E-state index contributed by atoms with van der Waals surface area (Å²) in [6.07, 6.45) is 0. The zero-order valence-electron chi connectivity index (χ0n) is 8.45. The van der Waals surface area contributed by atoms with Crippen LogP contribution in [-0.2, 0) is 0 Å². The van der Waals surface area contributed by atoms with Crippen molar-refractivity contribution in [3.05, 3.63) is 0 Å². The van der Waals surface area contributed by atoms with Gasteiger partial charge in [0.05, 0.1) is 0 Å². The molecule has 0 spiro atoms. The predicted molar refractivity (Wildman–Crippen MR) is 52.2 cm³/mol. The maximum atomic E-state index is 5.55. The SMILES string of the molecule is CC1CN(CCN)C(C)CN1C. The summed E-state index contributed by atoms with van der Waals surface area (Å²) in [5.41, 5.74) is 5.55. The van der Waals surface area contributed by atoms with Gasteiger partial charge in [0.2, 0.25) is 0 Å². The van der Waals surface area contributed by atoms with Crippen molar-refractivity contribution in [1.82, 2.24) is 9.80 Å². The van der Waals surface area contributed by atoms with E-state index >= 15 is 0 Å². The van der Waals surface area contributed by atoms with E-state index < -0.39 is 0 Å². The second-order valence-electron chi connectivity index (χ2n) is 3.92. The van der Waals surface area contributed by atoms with Crippen LogP contribution in [0.3, 0.4) is 0 Å². The second kappa shape index (κ2) is 4.21. The van der Waals surface area contributed by atoms with Gasteiger partial charge in [0, 0.05) is 38.3 Å². The third kappa shape index (κ3) is 2.19. The van der Waals surface area contributed by atoms with E-state index in [0.717, 1.165) is 19.6 Å². The Morgan fingerprint density at radius 2 is 1.92 bits per heavy atom. The van der Waals surface area contributed by atoms with E-state index in [4.69, 9.17) is 5.73 Å². The lowest BCUT2D eigenvalue weighted by Crippen LogP contribution is -2.55. The minimum absolute atomic E-state index is 0.662. The third-order valence-corrected chi connectivity index (χ3v) is 2.84. The van der Waals surface area contributed by atoms with Crippen LogP contribution in [0.15, 0.2) is 0 Å². The maximum Gasteiger partial charge on any atom is 0.0196 e. The van der Waals surface area contributed by atoms with Gasteiger partial charge in [-0.2, -0.15) is 0 Å². The molecule has 1 rings (SSSR count). The Kier molecular flexibility index (Phi) is 3.50. The van der Waals surface area contributed by atoms with Crippen molar-refractivity contribution in [1.29, 1.82) is 0 Å². The molecule has 72 valence electrons. The van der Waals surface area contributed by atoms with Crippen LogP contribution in [0.4, 0.5) is 0 Å². The monoisotopic (exact) mass is 171 g/mol. The number of hydrogen-bond donors (Lipinski definition) is 1. The van der Waals surface area contributed by atoms with Crippen LogP contribution in [0.5, 0.6) is 0 Å². The quantitative estimate of drug-likeness (QED) is 0.633. The number of nitrogens with two attached hydrogens (primary N) is 1. The van der Waals surface area contributed by atoms with Gasteiger partial charge in [-0.25, -0.2) is 0 Å². The highest BCUT2D eigenvalue weighted by Gasteiger charge is 2.25. The third-order valence-electron chi connectivity index (χ3n) is 2.84. The van der Waals surface area contributed by atoms with Gasteiger partial charge >= 0.3 is 0 Å². The fourth-order valence-electron chi connectivity index (χ4n) is 1.85. The van der Waals surface area contributed by atoms with Gasteiger partial charge in [0.1, 0.15) is 0 Å². The first kappa shape index (κ1) is 9.96. The van der Waals surface area contributed by atoms with Crippen LogP contribution in [0, 0.1) is 0 Å². The van der Waals surface area contributed by atoms with Crippen molar-refractivity contribution >= 4 is 0 Å². The lowest BCUT2D eigenvalue weighted by molar-refractivity contribution is 0.0626. The van der Waals surface area contributed by atoms with Crippen molar-refractivity contribution in [2.75, 3.05) is 33.2 Å². The standard InChI is InChI=1S/C9H21N3/c1-8-7-12(5-4-10)9(2)6-11(8)3/h8-9H,4-7,10H2,1-3H3. The predicted octanol–water partition coefficient (Wildman–Crippen LogP) is -0.0305. The molecule has 3 heteroatoms. The normalized spacial score (nSPS) is 34.0. The molecule has 0 bridgehead atoms. The summed E-state index contributed by atoms with van der Waals surface area (Å²) in [6.45, 7) is 8.70. The first-order valence-corrected chi connectivity index (χ1v) is 4.79. The first-order valence-electron chi connectivity index (χ1n) is 4.79. The molecule has 12 heavy (non-hydrogen) atoms. The average molecular weight is 171 g/mol. The summed E-state index contributed by atoms with van der Waals surface area (Å²) in [7, 11) is 2.20. The number of likely N-dealkylation sites (N-methyl/N-ethyl adjacent to an activating group) is 1. The minimum atomic E-state index is 0.662. The van der Waals surface area contributed by atoms with Crippen molar-refractivity contribution in [3.63, 3.8) is 0 Å². The molecule has 1 aliphatic heterocycles. The van der Waals surface area contributed by atoms with E-state index in [2.05, 4.69) is 30.7 Å². The number of rotatable bonds is 2. The summed E-state index contributed by atoms with van der Waals surface area (Å²) in [4.78, 5) is 4.89. The van der Waals surface area contributed by atoms with Crippen molar-refractivity contribution in [2.24, 2.45) is 5.73 Å². The zero-order chi connectivity index (χ0) is 9.14. The highest BCUT2D eigenvalue weighted by atomic mass is 15.3. The van der Waals surface area contributed by atoms with Gasteiger partial charge in [-0.15, -0.1) is 0 Å². The van der Waals surface area contributed by atoms with Gasteiger partial charge in [-0.1, -0.05) is 0 Å². The highest BCUT2D eigenvalue weighted by molar-refractivity contribution is 4.82. The van der Waals surface area contributed by atoms with Gasteiger partial charge in [-0.3, -0.25) is 4.90 Å².